The number of benzene rings is 3. The van der Waals surface area contributed by atoms with Crippen LogP contribution in [0.3, 0.4) is 0 Å². The first-order valence-electron chi connectivity index (χ1n) is 10.3. The molecule has 0 bridgehead atoms. The van der Waals surface area contributed by atoms with E-state index < -0.39 is 0 Å². The minimum Gasteiger partial charge on any atom is -0.497 e. The minimum absolute atomic E-state index is 0.114. The van der Waals surface area contributed by atoms with E-state index in [9.17, 15) is 9.59 Å². The molecular weight excluding hydrogens is 436 g/mol. The van der Waals surface area contributed by atoms with Crippen molar-refractivity contribution >= 4 is 34.0 Å². The Morgan fingerprint density at radius 2 is 1.58 bits per heavy atom. The van der Waals surface area contributed by atoms with E-state index in [2.05, 4.69) is 20.8 Å². The summed E-state index contributed by atoms with van der Waals surface area (Å²) in [4.78, 5) is 24.8. The second kappa shape index (κ2) is 10.5. The van der Waals surface area contributed by atoms with Crippen molar-refractivity contribution in [2.24, 2.45) is 0 Å². The fourth-order valence-corrected chi connectivity index (χ4v) is 3.92. The molecule has 0 radical (unpaired) electrons. The van der Waals surface area contributed by atoms with Gasteiger partial charge < -0.3 is 10.1 Å². The lowest BCUT2D eigenvalue weighted by atomic mass is 10.1. The number of rotatable bonds is 8. The number of hydrogen-bond donors (Lipinski definition) is 2. The van der Waals surface area contributed by atoms with Gasteiger partial charge in [-0.25, -0.2) is 0 Å². The SMILES string of the molecule is COc1ccc(Cc2nnc(NC(=O)c3ccc(NC(=O)Cc4ccccc4)cc3)s2)cc1. The zero-order valence-corrected chi connectivity index (χ0v) is 18.8. The number of methoxy groups -OCH3 is 1. The first-order chi connectivity index (χ1) is 16.1. The molecular formula is C25H22N4O3S. The average Bonchev–Trinajstić information content (AvgIpc) is 3.27. The molecule has 0 aliphatic carbocycles. The number of hydrogen-bond acceptors (Lipinski definition) is 6. The summed E-state index contributed by atoms with van der Waals surface area (Å²) in [6.07, 6.45) is 0.911. The fourth-order valence-electron chi connectivity index (χ4n) is 3.15. The topological polar surface area (TPSA) is 93.2 Å². The summed E-state index contributed by atoms with van der Waals surface area (Å²) in [5.74, 6) is 0.395. The van der Waals surface area contributed by atoms with Crippen molar-refractivity contribution in [2.45, 2.75) is 12.8 Å². The van der Waals surface area contributed by atoms with Gasteiger partial charge in [-0.2, -0.15) is 0 Å². The van der Waals surface area contributed by atoms with E-state index in [1.54, 1.807) is 31.4 Å². The molecule has 3 aromatic carbocycles. The van der Waals surface area contributed by atoms with Crippen LogP contribution >= 0.6 is 11.3 Å². The zero-order valence-electron chi connectivity index (χ0n) is 17.9. The lowest BCUT2D eigenvalue weighted by Crippen LogP contribution is -2.15. The van der Waals surface area contributed by atoms with E-state index in [1.165, 1.54) is 11.3 Å². The van der Waals surface area contributed by atoms with E-state index >= 15 is 0 Å². The van der Waals surface area contributed by atoms with Crippen molar-refractivity contribution in [1.82, 2.24) is 10.2 Å². The van der Waals surface area contributed by atoms with Gasteiger partial charge in [0.2, 0.25) is 11.0 Å². The molecule has 0 saturated carbocycles. The number of nitrogens with one attached hydrogen (secondary N) is 2. The molecule has 0 saturated heterocycles. The van der Waals surface area contributed by atoms with Crippen LogP contribution in [-0.2, 0) is 17.6 Å². The molecule has 2 amide bonds. The summed E-state index contributed by atoms with van der Waals surface area (Å²) < 4.78 is 5.17. The highest BCUT2D eigenvalue weighted by Gasteiger charge is 2.11. The van der Waals surface area contributed by atoms with Gasteiger partial charge in [-0.05, 0) is 47.5 Å². The highest BCUT2D eigenvalue weighted by Crippen LogP contribution is 2.21. The molecule has 0 atom stereocenters. The van der Waals surface area contributed by atoms with Crippen LogP contribution in [0.25, 0.3) is 0 Å². The van der Waals surface area contributed by atoms with Crippen LogP contribution in [-0.4, -0.2) is 29.1 Å². The number of anilines is 2. The number of aromatic nitrogens is 2. The van der Waals surface area contributed by atoms with Crippen LogP contribution in [0.4, 0.5) is 10.8 Å². The van der Waals surface area contributed by atoms with Gasteiger partial charge in [0, 0.05) is 17.7 Å². The molecule has 33 heavy (non-hydrogen) atoms. The number of nitrogens with zero attached hydrogens (tertiary/aromatic N) is 2. The van der Waals surface area contributed by atoms with Crippen molar-refractivity contribution in [3.05, 3.63) is 101 Å². The van der Waals surface area contributed by atoms with E-state index in [0.29, 0.717) is 29.2 Å². The third-order valence-electron chi connectivity index (χ3n) is 4.84. The van der Waals surface area contributed by atoms with Crippen LogP contribution in [0.1, 0.15) is 26.5 Å². The first-order valence-corrected chi connectivity index (χ1v) is 11.1. The lowest BCUT2D eigenvalue weighted by molar-refractivity contribution is -0.115. The van der Waals surface area contributed by atoms with Gasteiger partial charge in [-0.1, -0.05) is 53.8 Å². The van der Waals surface area contributed by atoms with Crippen molar-refractivity contribution in [3.8, 4) is 5.75 Å². The Hall–Kier alpha value is -4.04. The normalized spacial score (nSPS) is 10.5. The second-order valence-corrected chi connectivity index (χ2v) is 8.33. The Labute approximate surface area is 195 Å². The predicted octanol–water partition coefficient (Wildman–Crippen LogP) is 4.57. The Balaban J connectivity index is 1.30. The summed E-state index contributed by atoms with van der Waals surface area (Å²) in [7, 11) is 1.63. The smallest absolute Gasteiger partial charge is 0.257 e. The van der Waals surface area contributed by atoms with Gasteiger partial charge in [0.25, 0.3) is 5.91 Å². The standard InChI is InChI=1S/C25H22N4O3S/c1-32-21-13-7-18(8-14-21)16-23-28-29-25(33-23)27-24(31)19-9-11-20(12-10-19)26-22(30)15-17-5-3-2-4-6-17/h2-14H,15-16H2,1H3,(H,26,30)(H,27,29,31). The van der Waals surface area contributed by atoms with Gasteiger partial charge in [0.1, 0.15) is 10.8 Å². The quantitative estimate of drug-likeness (QED) is 0.403. The number of carbonyl (C=O) groups is 2. The van der Waals surface area contributed by atoms with Gasteiger partial charge in [0.05, 0.1) is 13.5 Å². The lowest BCUT2D eigenvalue weighted by Gasteiger charge is -2.07. The third kappa shape index (κ3) is 6.24. The molecule has 0 aliphatic rings. The highest BCUT2D eigenvalue weighted by molar-refractivity contribution is 7.15. The molecule has 1 heterocycles. The maximum atomic E-state index is 12.6. The van der Waals surface area contributed by atoms with Crippen LogP contribution in [0, 0.1) is 0 Å². The maximum absolute atomic E-state index is 12.6. The van der Waals surface area contributed by atoms with E-state index in [4.69, 9.17) is 4.74 Å². The van der Waals surface area contributed by atoms with Gasteiger partial charge in [0.15, 0.2) is 0 Å². The van der Waals surface area contributed by atoms with Crippen molar-refractivity contribution in [1.29, 1.82) is 0 Å². The van der Waals surface area contributed by atoms with Gasteiger partial charge in [-0.15, -0.1) is 10.2 Å². The van der Waals surface area contributed by atoms with E-state index in [-0.39, 0.29) is 11.8 Å². The number of amides is 2. The minimum atomic E-state index is -0.288. The van der Waals surface area contributed by atoms with Crippen LogP contribution in [0.2, 0.25) is 0 Å². The van der Waals surface area contributed by atoms with E-state index in [1.807, 2.05) is 54.6 Å². The molecule has 7 nitrogen and oxygen atoms in total. The predicted molar refractivity (Wildman–Crippen MR) is 129 cm³/mol. The summed E-state index contributed by atoms with van der Waals surface area (Å²) in [5, 5.41) is 15.1. The zero-order chi connectivity index (χ0) is 23.0. The molecule has 0 fully saturated rings. The molecule has 0 aliphatic heterocycles. The molecule has 166 valence electrons. The monoisotopic (exact) mass is 458 g/mol. The molecule has 8 heteroatoms. The van der Waals surface area contributed by atoms with Crippen molar-refractivity contribution < 1.29 is 14.3 Å². The Morgan fingerprint density at radius 3 is 2.27 bits per heavy atom. The van der Waals surface area contributed by atoms with Crippen LogP contribution in [0.5, 0.6) is 5.75 Å². The van der Waals surface area contributed by atoms with Gasteiger partial charge in [-0.3, -0.25) is 14.9 Å². The van der Waals surface area contributed by atoms with Crippen molar-refractivity contribution in [2.75, 3.05) is 17.7 Å². The van der Waals surface area contributed by atoms with E-state index in [0.717, 1.165) is 21.9 Å². The highest BCUT2D eigenvalue weighted by atomic mass is 32.1. The van der Waals surface area contributed by atoms with Crippen molar-refractivity contribution in [3.63, 3.8) is 0 Å². The number of ether oxygens (including phenoxy) is 1. The second-order valence-electron chi connectivity index (χ2n) is 7.27. The Morgan fingerprint density at radius 1 is 0.848 bits per heavy atom. The summed E-state index contributed by atoms with van der Waals surface area (Å²) in [6, 6.07) is 24.0. The largest absolute Gasteiger partial charge is 0.497 e. The first kappa shape index (κ1) is 22.2. The molecule has 0 unspecified atom stereocenters. The molecule has 1 aromatic heterocycles. The Bertz CT molecular complexity index is 1220. The van der Waals surface area contributed by atoms with Crippen LogP contribution in [0.15, 0.2) is 78.9 Å². The summed E-state index contributed by atoms with van der Waals surface area (Å²) in [6.45, 7) is 0. The number of carbonyl (C=O) groups excluding carboxylic acids is 2. The molecule has 4 rings (SSSR count). The van der Waals surface area contributed by atoms with Crippen LogP contribution < -0.4 is 15.4 Å². The fraction of sp³-hybridized carbons (Fsp3) is 0.120. The maximum Gasteiger partial charge on any atom is 0.257 e. The summed E-state index contributed by atoms with van der Waals surface area (Å²) >= 11 is 1.33. The molecule has 2 N–H and O–H groups in total. The van der Waals surface area contributed by atoms with Gasteiger partial charge >= 0.3 is 0 Å². The molecule has 0 spiro atoms. The summed E-state index contributed by atoms with van der Waals surface area (Å²) in [5.41, 5.74) is 3.11. The molecule has 4 aromatic rings. The Kier molecular flexibility index (Phi) is 7.06. The average molecular weight is 459 g/mol. The third-order valence-corrected chi connectivity index (χ3v) is 5.68.